The molecule has 9 nitrogen and oxygen atoms in total. The highest BCUT2D eigenvalue weighted by molar-refractivity contribution is 6.39. The van der Waals surface area contributed by atoms with Gasteiger partial charge in [0.15, 0.2) is 5.82 Å². The molecular formula is C20H26N6O3. The van der Waals surface area contributed by atoms with E-state index >= 15 is 0 Å². The van der Waals surface area contributed by atoms with Crippen LogP contribution in [-0.4, -0.2) is 62.5 Å². The Balaban J connectivity index is 1.40. The molecule has 2 aliphatic rings. The Hall–Kier alpha value is -2.81. The van der Waals surface area contributed by atoms with Gasteiger partial charge in [-0.2, -0.15) is 14.9 Å². The summed E-state index contributed by atoms with van der Waals surface area (Å²) in [4.78, 5) is 27.0. The van der Waals surface area contributed by atoms with Gasteiger partial charge in [0, 0.05) is 19.2 Å². The molecule has 154 valence electrons. The highest BCUT2D eigenvalue weighted by Crippen LogP contribution is 2.29. The summed E-state index contributed by atoms with van der Waals surface area (Å²) in [5, 5.41) is 14.9. The standard InChI is InChI=1S/C20H26N6O3/c1-14-7-8-18(24-23-14)26-17(9-10-21-26)22-19(27)20(28)25-11-12-29-16(13-25)15-5-3-2-4-6-15/h7-10,15-16H,2-6,11-13H2,1H3,(H,22,27). The fourth-order valence-electron chi connectivity index (χ4n) is 4.05. The Bertz CT molecular complexity index is 859. The van der Waals surface area contributed by atoms with Gasteiger partial charge in [0.25, 0.3) is 0 Å². The van der Waals surface area contributed by atoms with Crippen molar-refractivity contribution in [1.29, 1.82) is 0 Å². The second-order valence-corrected chi connectivity index (χ2v) is 7.67. The van der Waals surface area contributed by atoms with Crippen LogP contribution in [0, 0.1) is 12.8 Å². The Labute approximate surface area is 169 Å². The summed E-state index contributed by atoms with van der Waals surface area (Å²) in [5.41, 5.74) is 0.779. The molecule has 2 amide bonds. The normalized spacial score (nSPS) is 20.4. The van der Waals surface area contributed by atoms with Crippen LogP contribution in [0.4, 0.5) is 5.82 Å². The first-order valence-electron chi connectivity index (χ1n) is 10.2. The number of aryl methyl sites for hydroxylation is 1. The molecular weight excluding hydrogens is 372 g/mol. The van der Waals surface area contributed by atoms with Crippen molar-refractivity contribution in [2.75, 3.05) is 25.0 Å². The van der Waals surface area contributed by atoms with E-state index in [0.717, 1.165) is 18.5 Å². The monoisotopic (exact) mass is 398 g/mol. The maximum absolute atomic E-state index is 12.7. The molecule has 29 heavy (non-hydrogen) atoms. The van der Waals surface area contributed by atoms with Crippen LogP contribution in [0.25, 0.3) is 5.82 Å². The predicted octanol–water partition coefficient (Wildman–Crippen LogP) is 1.72. The molecule has 4 rings (SSSR count). The van der Waals surface area contributed by atoms with Gasteiger partial charge in [-0.1, -0.05) is 19.3 Å². The van der Waals surface area contributed by atoms with E-state index in [2.05, 4.69) is 20.6 Å². The number of rotatable bonds is 3. The number of carbonyl (C=O) groups excluding carboxylic acids is 2. The smallest absolute Gasteiger partial charge is 0.315 e. The predicted molar refractivity (Wildman–Crippen MR) is 105 cm³/mol. The van der Waals surface area contributed by atoms with Crippen LogP contribution in [0.1, 0.15) is 37.8 Å². The van der Waals surface area contributed by atoms with E-state index in [-0.39, 0.29) is 6.10 Å². The first kappa shape index (κ1) is 19.5. The van der Waals surface area contributed by atoms with E-state index in [1.54, 1.807) is 23.1 Å². The zero-order chi connectivity index (χ0) is 20.2. The topological polar surface area (TPSA) is 102 Å². The lowest BCUT2D eigenvalue weighted by atomic mass is 9.84. The van der Waals surface area contributed by atoms with Gasteiger partial charge >= 0.3 is 11.8 Å². The van der Waals surface area contributed by atoms with Crippen molar-refractivity contribution in [2.24, 2.45) is 5.92 Å². The van der Waals surface area contributed by atoms with Crippen molar-refractivity contribution < 1.29 is 14.3 Å². The Morgan fingerprint density at radius 1 is 1.14 bits per heavy atom. The molecule has 2 aromatic heterocycles. The number of morpholine rings is 1. The summed E-state index contributed by atoms with van der Waals surface area (Å²) < 4.78 is 7.36. The number of carbonyl (C=O) groups is 2. The molecule has 0 radical (unpaired) electrons. The Kier molecular flexibility index (Phi) is 5.84. The average Bonchev–Trinajstić information content (AvgIpc) is 3.22. The highest BCUT2D eigenvalue weighted by atomic mass is 16.5. The van der Waals surface area contributed by atoms with Crippen molar-refractivity contribution in [3.63, 3.8) is 0 Å². The number of nitrogens with one attached hydrogen (secondary N) is 1. The fourth-order valence-corrected chi connectivity index (χ4v) is 4.05. The summed E-state index contributed by atoms with van der Waals surface area (Å²) in [6.07, 6.45) is 7.53. The van der Waals surface area contributed by atoms with E-state index in [4.69, 9.17) is 4.74 Å². The second-order valence-electron chi connectivity index (χ2n) is 7.67. The molecule has 1 aliphatic heterocycles. The van der Waals surface area contributed by atoms with Crippen LogP contribution in [0.15, 0.2) is 24.4 Å². The molecule has 9 heteroatoms. The van der Waals surface area contributed by atoms with Gasteiger partial charge in [-0.25, -0.2) is 0 Å². The van der Waals surface area contributed by atoms with Gasteiger partial charge in [-0.05, 0) is 37.8 Å². The van der Waals surface area contributed by atoms with Crippen LogP contribution in [0.3, 0.4) is 0 Å². The number of aromatic nitrogens is 4. The molecule has 2 fully saturated rings. The minimum atomic E-state index is -0.684. The van der Waals surface area contributed by atoms with Crippen LogP contribution in [0.5, 0.6) is 0 Å². The van der Waals surface area contributed by atoms with Crippen molar-refractivity contribution in [3.8, 4) is 5.82 Å². The van der Waals surface area contributed by atoms with Gasteiger partial charge in [0.1, 0.15) is 5.82 Å². The van der Waals surface area contributed by atoms with Crippen molar-refractivity contribution in [2.45, 2.75) is 45.1 Å². The zero-order valence-electron chi connectivity index (χ0n) is 16.6. The SMILES string of the molecule is Cc1ccc(-n2nccc2NC(=O)C(=O)N2CCOC(C3CCCCC3)C2)nn1. The summed E-state index contributed by atoms with van der Waals surface area (Å²) >= 11 is 0. The summed E-state index contributed by atoms with van der Waals surface area (Å²) in [6.45, 7) is 3.21. The summed E-state index contributed by atoms with van der Waals surface area (Å²) in [5.74, 6) is 0.0857. The maximum Gasteiger partial charge on any atom is 0.315 e. The van der Waals surface area contributed by atoms with Gasteiger partial charge < -0.3 is 15.0 Å². The van der Waals surface area contributed by atoms with E-state index in [1.165, 1.54) is 30.1 Å². The molecule has 1 aliphatic carbocycles. The third-order valence-electron chi connectivity index (χ3n) is 5.64. The summed E-state index contributed by atoms with van der Waals surface area (Å²) in [6, 6.07) is 5.18. The zero-order valence-corrected chi connectivity index (χ0v) is 16.6. The van der Waals surface area contributed by atoms with Crippen LogP contribution in [0.2, 0.25) is 0 Å². The van der Waals surface area contributed by atoms with Crippen molar-refractivity contribution in [3.05, 3.63) is 30.1 Å². The molecule has 0 spiro atoms. The molecule has 1 unspecified atom stereocenters. The minimum absolute atomic E-state index is 0.0224. The first-order valence-corrected chi connectivity index (χ1v) is 10.2. The van der Waals surface area contributed by atoms with Gasteiger partial charge in [-0.15, -0.1) is 5.10 Å². The molecule has 3 heterocycles. The molecule has 1 atom stereocenters. The molecule has 0 bridgehead atoms. The lowest BCUT2D eigenvalue weighted by Gasteiger charge is -2.38. The number of hydrogen-bond donors (Lipinski definition) is 1. The highest BCUT2D eigenvalue weighted by Gasteiger charge is 2.33. The van der Waals surface area contributed by atoms with Crippen molar-refractivity contribution >= 4 is 17.6 Å². The minimum Gasteiger partial charge on any atom is -0.374 e. The third-order valence-corrected chi connectivity index (χ3v) is 5.64. The van der Waals surface area contributed by atoms with E-state index in [9.17, 15) is 9.59 Å². The number of anilines is 1. The van der Waals surface area contributed by atoms with Crippen LogP contribution >= 0.6 is 0 Å². The molecule has 2 aromatic rings. The van der Waals surface area contributed by atoms with Gasteiger partial charge in [0.05, 0.1) is 24.6 Å². The van der Waals surface area contributed by atoms with E-state index < -0.39 is 11.8 Å². The fraction of sp³-hybridized carbons (Fsp3) is 0.550. The molecule has 1 saturated carbocycles. The summed E-state index contributed by atoms with van der Waals surface area (Å²) in [7, 11) is 0. The average molecular weight is 398 g/mol. The van der Waals surface area contributed by atoms with Gasteiger partial charge in [-0.3, -0.25) is 9.59 Å². The van der Waals surface area contributed by atoms with Gasteiger partial charge in [0.2, 0.25) is 0 Å². The number of hydrogen-bond acceptors (Lipinski definition) is 6. The van der Waals surface area contributed by atoms with Crippen LogP contribution in [-0.2, 0) is 14.3 Å². The lowest BCUT2D eigenvalue weighted by molar-refractivity contribution is -0.150. The Morgan fingerprint density at radius 2 is 1.97 bits per heavy atom. The molecule has 0 aromatic carbocycles. The van der Waals surface area contributed by atoms with E-state index in [0.29, 0.717) is 37.3 Å². The van der Waals surface area contributed by atoms with Crippen LogP contribution < -0.4 is 5.32 Å². The second kappa shape index (κ2) is 8.69. The first-order chi connectivity index (χ1) is 14.1. The molecule has 1 N–H and O–H groups in total. The molecule has 1 saturated heterocycles. The number of ether oxygens (including phenoxy) is 1. The Morgan fingerprint density at radius 3 is 2.72 bits per heavy atom. The maximum atomic E-state index is 12.7. The number of nitrogens with zero attached hydrogens (tertiary/aromatic N) is 5. The van der Waals surface area contributed by atoms with Crippen molar-refractivity contribution in [1.82, 2.24) is 24.9 Å². The lowest BCUT2D eigenvalue weighted by Crippen LogP contribution is -2.51. The number of amides is 2. The third kappa shape index (κ3) is 4.45. The largest absolute Gasteiger partial charge is 0.374 e. The van der Waals surface area contributed by atoms with E-state index in [1.807, 2.05) is 6.92 Å². The quantitative estimate of drug-likeness (QED) is 0.790.